The van der Waals surface area contributed by atoms with Gasteiger partial charge in [0.05, 0.1) is 12.2 Å². The molecule has 0 bridgehead atoms. The molecule has 12 heteroatoms. The molecule has 2 heterocycles. The van der Waals surface area contributed by atoms with Crippen molar-refractivity contribution in [2.75, 3.05) is 16.4 Å². The van der Waals surface area contributed by atoms with Gasteiger partial charge in [-0.1, -0.05) is 11.8 Å². The van der Waals surface area contributed by atoms with Crippen LogP contribution in [0.1, 0.15) is 24.1 Å². The number of thioether (sulfide) groups is 1. The molecule has 11 nitrogen and oxygen atoms in total. The van der Waals surface area contributed by atoms with Crippen LogP contribution in [0.5, 0.6) is 0 Å². The largest absolute Gasteiger partial charge is 0.416 e. The van der Waals surface area contributed by atoms with Crippen LogP contribution < -0.4 is 21.9 Å². The van der Waals surface area contributed by atoms with Gasteiger partial charge in [0.2, 0.25) is 17.7 Å². The van der Waals surface area contributed by atoms with E-state index in [2.05, 4.69) is 25.8 Å². The summed E-state index contributed by atoms with van der Waals surface area (Å²) >= 11 is 1.05. The Bertz CT molecular complexity index is 1230. The number of hydrogen-bond acceptors (Lipinski definition) is 8. The maximum Gasteiger partial charge on any atom is 0.328 e. The Morgan fingerprint density at radius 3 is 2.42 bits per heavy atom. The molecule has 3 N–H and O–H groups in total. The number of carbonyl (C=O) groups is 2. The molecule has 0 fully saturated rings. The summed E-state index contributed by atoms with van der Waals surface area (Å²) < 4.78 is 6.47. The molecular formula is C19H20N6O5S. The molecule has 0 saturated heterocycles. The maximum atomic E-state index is 12.3. The fourth-order valence-electron chi connectivity index (χ4n) is 2.67. The van der Waals surface area contributed by atoms with E-state index in [1.807, 2.05) is 0 Å². The molecular weight excluding hydrogens is 424 g/mol. The van der Waals surface area contributed by atoms with Crippen LogP contribution in [-0.4, -0.2) is 37.3 Å². The zero-order valence-corrected chi connectivity index (χ0v) is 17.8. The summed E-state index contributed by atoms with van der Waals surface area (Å²) in [6.07, 6.45) is 0.0652. The Kier molecular flexibility index (Phi) is 6.70. The molecule has 162 valence electrons. The molecule has 31 heavy (non-hydrogen) atoms. The SMILES string of the molecule is CC(=O)Nc1ccc(NC(=O)CSc2nnc(Cc3c(C)[nH]c(=O)n(C)c3=O)o2)cc1. The van der Waals surface area contributed by atoms with Gasteiger partial charge in [-0.05, 0) is 31.2 Å². The van der Waals surface area contributed by atoms with Crippen LogP contribution in [-0.2, 0) is 23.1 Å². The third-order valence-corrected chi connectivity index (χ3v) is 5.03. The van der Waals surface area contributed by atoms with E-state index in [0.717, 1.165) is 16.3 Å². The van der Waals surface area contributed by atoms with Crippen LogP contribution in [0.15, 0.2) is 43.5 Å². The minimum absolute atomic E-state index is 0.0362. The molecule has 2 aromatic heterocycles. The van der Waals surface area contributed by atoms with Crippen molar-refractivity contribution >= 4 is 35.0 Å². The standard InChI is InChI=1S/C19H20N6O5S/c1-10-14(17(28)25(3)18(29)20-10)8-16-23-24-19(30-16)31-9-15(27)22-13-6-4-12(5-7-13)21-11(2)26/h4-7H,8-9H2,1-3H3,(H,20,29)(H,21,26)(H,22,27). The lowest BCUT2D eigenvalue weighted by Gasteiger charge is -2.06. The summed E-state index contributed by atoms with van der Waals surface area (Å²) in [6, 6.07) is 6.70. The van der Waals surface area contributed by atoms with Gasteiger partial charge in [-0.2, -0.15) is 0 Å². The van der Waals surface area contributed by atoms with Crippen molar-refractivity contribution in [1.29, 1.82) is 0 Å². The lowest BCUT2D eigenvalue weighted by Crippen LogP contribution is -2.36. The van der Waals surface area contributed by atoms with Crippen molar-refractivity contribution in [1.82, 2.24) is 19.7 Å². The Morgan fingerprint density at radius 2 is 1.77 bits per heavy atom. The Balaban J connectivity index is 1.56. The van der Waals surface area contributed by atoms with E-state index >= 15 is 0 Å². The lowest BCUT2D eigenvalue weighted by molar-refractivity contribution is -0.114. The minimum atomic E-state index is -0.496. The van der Waals surface area contributed by atoms with E-state index in [0.29, 0.717) is 22.6 Å². The maximum absolute atomic E-state index is 12.3. The summed E-state index contributed by atoms with van der Waals surface area (Å²) in [7, 11) is 1.38. The Hall–Kier alpha value is -3.67. The number of aromatic amines is 1. The fourth-order valence-corrected chi connectivity index (χ4v) is 3.25. The first-order valence-corrected chi connectivity index (χ1v) is 10.1. The monoisotopic (exact) mass is 444 g/mol. The molecule has 2 amide bonds. The van der Waals surface area contributed by atoms with Crippen molar-refractivity contribution < 1.29 is 14.0 Å². The third kappa shape index (κ3) is 5.69. The highest BCUT2D eigenvalue weighted by Crippen LogP contribution is 2.19. The van der Waals surface area contributed by atoms with Crippen LogP contribution >= 0.6 is 11.8 Å². The van der Waals surface area contributed by atoms with Gasteiger partial charge in [-0.15, -0.1) is 10.2 Å². The van der Waals surface area contributed by atoms with Crippen LogP contribution in [0.3, 0.4) is 0 Å². The van der Waals surface area contributed by atoms with Crippen LogP contribution in [0.2, 0.25) is 0 Å². The highest BCUT2D eigenvalue weighted by atomic mass is 32.2. The summed E-state index contributed by atoms with van der Waals surface area (Å²) in [5.74, 6) is -0.219. The second-order valence-electron chi connectivity index (χ2n) is 6.63. The predicted octanol–water partition coefficient (Wildman–Crippen LogP) is 1.05. The Morgan fingerprint density at radius 1 is 1.13 bits per heavy atom. The number of nitrogens with zero attached hydrogens (tertiary/aromatic N) is 3. The second-order valence-corrected chi connectivity index (χ2v) is 7.56. The van der Waals surface area contributed by atoms with E-state index in [-0.39, 0.29) is 35.1 Å². The third-order valence-electron chi connectivity index (χ3n) is 4.21. The zero-order chi connectivity index (χ0) is 22.5. The lowest BCUT2D eigenvalue weighted by atomic mass is 10.2. The first-order chi connectivity index (χ1) is 14.7. The molecule has 0 radical (unpaired) electrons. The normalized spacial score (nSPS) is 10.7. The molecule has 0 unspecified atom stereocenters. The molecule has 0 aliphatic rings. The van der Waals surface area contributed by atoms with Gasteiger partial charge in [0.15, 0.2) is 0 Å². The number of rotatable bonds is 7. The van der Waals surface area contributed by atoms with Crippen molar-refractivity contribution in [2.24, 2.45) is 7.05 Å². The number of benzene rings is 1. The molecule has 0 spiro atoms. The molecule has 0 aliphatic heterocycles. The van der Waals surface area contributed by atoms with E-state index < -0.39 is 11.2 Å². The highest BCUT2D eigenvalue weighted by Gasteiger charge is 2.15. The molecule has 3 rings (SSSR count). The highest BCUT2D eigenvalue weighted by molar-refractivity contribution is 7.99. The minimum Gasteiger partial charge on any atom is -0.416 e. The summed E-state index contributed by atoms with van der Waals surface area (Å²) in [5.41, 5.74) is 1.06. The smallest absolute Gasteiger partial charge is 0.328 e. The van der Waals surface area contributed by atoms with Gasteiger partial charge in [0, 0.05) is 36.6 Å². The quantitative estimate of drug-likeness (QED) is 0.457. The molecule has 0 saturated carbocycles. The fraction of sp³-hybridized carbons (Fsp3) is 0.263. The number of hydrogen-bond donors (Lipinski definition) is 3. The number of anilines is 2. The van der Waals surface area contributed by atoms with Crippen LogP contribution in [0, 0.1) is 6.92 Å². The van der Waals surface area contributed by atoms with Crippen molar-refractivity contribution in [3.05, 3.63) is 62.3 Å². The van der Waals surface area contributed by atoms with E-state index in [1.54, 1.807) is 31.2 Å². The topological polar surface area (TPSA) is 152 Å². The number of aromatic nitrogens is 4. The van der Waals surface area contributed by atoms with Gasteiger partial charge in [-0.25, -0.2) is 4.79 Å². The predicted molar refractivity (Wildman–Crippen MR) is 114 cm³/mol. The van der Waals surface area contributed by atoms with Crippen molar-refractivity contribution in [2.45, 2.75) is 25.5 Å². The number of aryl methyl sites for hydroxylation is 1. The van der Waals surface area contributed by atoms with Gasteiger partial charge in [0.1, 0.15) is 0 Å². The van der Waals surface area contributed by atoms with Gasteiger partial charge >= 0.3 is 5.69 Å². The molecule has 0 atom stereocenters. The number of H-pyrrole nitrogens is 1. The van der Waals surface area contributed by atoms with E-state index in [1.165, 1.54) is 14.0 Å². The second kappa shape index (κ2) is 9.43. The van der Waals surface area contributed by atoms with Gasteiger partial charge < -0.3 is 20.0 Å². The molecule has 1 aromatic carbocycles. The average Bonchev–Trinajstić information content (AvgIpc) is 3.17. The van der Waals surface area contributed by atoms with Gasteiger partial charge in [-0.3, -0.25) is 19.0 Å². The number of nitrogens with one attached hydrogen (secondary N) is 3. The van der Waals surface area contributed by atoms with Crippen molar-refractivity contribution in [3.63, 3.8) is 0 Å². The van der Waals surface area contributed by atoms with E-state index in [4.69, 9.17) is 4.42 Å². The first-order valence-electron chi connectivity index (χ1n) is 9.14. The molecule has 3 aromatic rings. The number of carbonyl (C=O) groups excluding carboxylic acids is 2. The van der Waals surface area contributed by atoms with Crippen LogP contribution in [0.4, 0.5) is 11.4 Å². The molecule has 0 aliphatic carbocycles. The average molecular weight is 444 g/mol. The first kappa shape index (κ1) is 22.0. The summed E-state index contributed by atoms with van der Waals surface area (Å²) in [5, 5.41) is 13.3. The van der Waals surface area contributed by atoms with E-state index in [9.17, 15) is 19.2 Å². The van der Waals surface area contributed by atoms with Crippen molar-refractivity contribution in [3.8, 4) is 0 Å². The number of amides is 2. The zero-order valence-electron chi connectivity index (χ0n) is 17.0. The summed E-state index contributed by atoms with van der Waals surface area (Å²) in [6.45, 7) is 3.04. The summed E-state index contributed by atoms with van der Waals surface area (Å²) in [4.78, 5) is 49.6. The van der Waals surface area contributed by atoms with Gasteiger partial charge in [0.25, 0.3) is 10.8 Å². The Labute approximate surface area is 180 Å². The van der Waals surface area contributed by atoms with Crippen LogP contribution in [0.25, 0.3) is 0 Å².